The van der Waals surface area contributed by atoms with Crippen molar-refractivity contribution in [3.8, 4) is 10.8 Å². The second-order valence-electron chi connectivity index (χ2n) is 2.76. The van der Waals surface area contributed by atoms with Crippen LogP contribution in [0.3, 0.4) is 0 Å². The Labute approximate surface area is 84.4 Å². The van der Waals surface area contributed by atoms with E-state index < -0.39 is 0 Å². The molecule has 2 aromatic heterocycles. The summed E-state index contributed by atoms with van der Waals surface area (Å²) >= 11 is 1.46. The Morgan fingerprint density at radius 1 is 1.57 bits per heavy atom. The molecule has 0 atom stereocenters. The van der Waals surface area contributed by atoms with Crippen molar-refractivity contribution in [3.05, 3.63) is 17.0 Å². The number of aliphatic hydroxyl groups is 1. The SMILES string of the molecule is Cc1ncsc1-c1nc(CCO)no1. The molecule has 0 aliphatic carbocycles. The van der Waals surface area contributed by atoms with Gasteiger partial charge in [0.05, 0.1) is 17.8 Å². The van der Waals surface area contributed by atoms with Crippen molar-refractivity contribution < 1.29 is 9.63 Å². The summed E-state index contributed by atoms with van der Waals surface area (Å²) in [5.41, 5.74) is 2.62. The minimum atomic E-state index is 0.0284. The minimum absolute atomic E-state index is 0.0284. The van der Waals surface area contributed by atoms with Crippen LogP contribution in [0.25, 0.3) is 10.8 Å². The van der Waals surface area contributed by atoms with E-state index in [0.717, 1.165) is 10.6 Å². The van der Waals surface area contributed by atoms with Gasteiger partial charge in [-0.25, -0.2) is 4.98 Å². The van der Waals surface area contributed by atoms with Crippen molar-refractivity contribution in [1.29, 1.82) is 0 Å². The Morgan fingerprint density at radius 2 is 2.43 bits per heavy atom. The average molecular weight is 211 g/mol. The fraction of sp³-hybridized carbons (Fsp3) is 0.375. The van der Waals surface area contributed by atoms with Gasteiger partial charge in [-0.3, -0.25) is 0 Å². The molecule has 2 aromatic rings. The zero-order chi connectivity index (χ0) is 9.97. The molecule has 14 heavy (non-hydrogen) atoms. The van der Waals surface area contributed by atoms with E-state index in [1.54, 1.807) is 5.51 Å². The van der Waals surface area contributed by atoms with E-state index in [9.17, 15) is 0 Å². The quantitative estimate of drug-likeness (QED) is 0.821. The Bertz CT molecular complexity index is 424. The molecule has 0 aliphatic rings. The number of hydrogen-bond donors (Lipinski definition) is 1. The molecule has 1 N–H and O–H groups in total. The number of rotatable bonds is 3. The van der Waals surface area contributed by atoms with Crippen molar-refractivity contribution in [3.63, 3.8) is 0 Å². The molecule has 0 aliphatic heterocycles. The molecule has 0 amide bonds. The summed E-state index contributed by atoms with van der Waals surface area (Å²) in [6.45, 7) is 1.92. The van der Waals surface area contributed by atoms with Gasteiger partial charge in [0.1, 0.15) is 4.88 Å². The van der Waals surface area contributed by atoms with Crippen LogP contribution >= 0.6 is 11.3 Å². The maximum atomic E-state index is 8.68. The van der Waals surface area contributed by atoms with Crippen molar-refractivity contribution in [2.75, 3.05) is 6.61 Å². The van der Waals surface area contributed by atoms with Gasteiger partial charge in [-0.15, -0.1) is 11.3 Å². The second kappa shape index (κ2) is 3.85. The van der Waals surface area contributed by atoms with E-state index >= 15 is 0 Å². The highest BCUT2D eigenvalue weighted by Gasteiger charge is 2.12. The molecule has 0 spiro atoms. The smallest absolute Gasteiger partial charge is 0.269 e. The summed E-state index contributed by atoms with van der Waals surface area (Å²) in [5, 5.41) is 12.4. The lowest BCUT2D eigenvalue weighted by atomic mass is 10.4. The van der Waals surface area contributed by atoms with E-state index in [4.69, 9.17) is 9.63 Å². The van der Waals surface area contributed by atoms with Crippen LogP contribution in [0, 0.1) is 6.92 Å². The Morgan fingerprint density at radius 3 is 3.07 bits per heavy atom. The highest BCUT2D eigenvalue weighted by Crippen LogP contribution is 2.25. The van der Waals surface area contributed by atoms with Crippen molar-refractivity contribution in [2.45, 2.75) is 13.3 Å². The Kier molecular flexibility index (Phi) is 2.55. The van der Waals surface area contributed by atoms with Crippen LogP contribution in [0.15, 0.2) is 10.0 Å². The molecule has 0 radical (unpaired) electrons. The zero-order valence-corrected chi connectivity index (χ0v) is 8.41. The van der Waals surface area contributed by atoms with Crippen molar-refractivity contribution in [2.24, 2.45) is 0 Å². The molecular formula is C8H9N3O2S. The molecular weight excluding hydrogens is 202 g/mol. The van der Waals surface area contributed by atoms with Crippen LogP contribution in [0.1, 0.15) is 11.5 Å². The van der Waals surface area contributed by atoms with Gasteiger partial charge in [0.2, 0.25) is 0 Å². The summed E-state index contributed by atoms with van der Waals surface area (Å²) < 4.78 is 5.04. The van der Waals surface area contributed by atoms with Gasteiger partial charge < -0.3 is 9.63 Å². The topological polar surface area (TPSA) is 72.0 Å². The molecule has 2 rings (SSSR count). The molecule has 0 aromatic carbocycles. The summed E-state index contributed by atoms with van der Waals surface area (Å²) in [6.07, 6.45) is 0.418. The van der Waals surface area contributed by atoms with Gasteiger partial charge in [0.15, 0.2) is 5.82 Å². The molecule has 74 valence electrons. The predicted octanol–water partition coefficient (Wildman–Crippen LogP) is 1.04. The van der Waals surface area contributed by atoms with Crippen LogP contribution in [0.4, 0.5) is 0 Å². The van der Waals surface area contributed by atoms with Crippen LogP contribution in [-0.2, 0) is 6.42 Å². The first-order valence-electron chi connectivity index (χ1n) is 4.15. The number of hydrogen-bond acceptors (Lipinski definition) is 6. The van der Waals surface area contributed by atoms with Crippen LogP contribution < -0.4 is 0 Å². The normalized spacial score (nSPS) is 10.7. The van der Waals surface area contributed by atoms with E-state index in [0.29, 0.717) is 18.1 Å². The van der Waals surface area contributed by atoms with Gasteiger partial charge in [0.25, 0.3) is 5.89 Å². The van der Waals surface area contributed by atoms with Crippen LogP contribution in [0.2, 0.25) is 0 Å². The molecule has 0 unspecified atom stereocenters. The van der Waals surface area contributed by atoms with Gasteiger partial charge in [-0.2, -0.15) is 4.98 Å². The van der Waals surface area contributed by atoms with E-state index in [1.807, 2.05) is 6.92 Å². The number of aliphatic hydroxyl groups excluding tert-OH is 1. The molecule has 0 saturated carbocycles. The Hall–Kier alpha value is -1.27. The van der Waals surface area contributed by atoms with Gasteiger partial charge >= 0.3 is 0 Å². The average Bonchev–Trinajstić information content (AvgIpc) is 2.74. The minimum Gasteiger partial charge on any atom is -0.396 e. The number of aryl methyl sites for hydroxylation is 1. The summed E-state index contributed by atoms with van der Waals surface area (Å²) in [5.74, 6) is 1.00. The highest BCUT2D eigenvalue weighted by atomic mass is 32.1. The standard InChI is InChI=1S/C8H9N3O2S/c1-5-7(14-4-9-5)8-10-6(2-3-12)11-13-8/h4,12H,2-3H2,1H3. The predicted molar refractivity (Wildman–Crippen MR) is 50.9 cm³/mol. The molecule has 5 nitrogen and oxygen atoms in total. The second-order valence-corrected chi connectivity index (χ2v) is 3.61. The maximum absolute atomic E-state index is 8.68. The first-order valence-corrected chi connectivity index (χ1v) is 5.03. The summed E-state index contributed by atoms with van der Waals surface area (Å²) in [6, 6.07) is 0. The van der Waals surface area contributed by atoms with Crippen molar-refractivity contribution in [1.82, 2.24) is 15.1 Å². The van der Waals surface area contributed by atoms with Gasteiger partial charge in [-0.05, 0) is 6.92 Å². The molecule has 0 bridgehead atoms. The molecule has 0 saturated heterocycles. The first kappa shape index (κ1) is 9.29. The molecule has 2 heterocycles. The van der Waals surface area contributed by atoms with E-state index in [2.05, 4.69) is 15.1 Å². The highest BCUT2D eigenvalue weighted by molar-refractivity contribution is 7.13. The zero-order valence-electron chi connectivity index (χ0n) is 7.60. The fourth-order valence-electron chi connectivity index (χ4n) is 1.05. The lowest BCUT2D eigenvalue weighted by Crippen LogP contribution is -1.92. The largest absolute Gasteiger partial charge is 0.396 e. The number of thiazole rings is 1. The van der Waals surface area contributed by atoms with Crippen LogP contribution in [-0.4, -0.2) is 26.8 Å². The fourth-order valence-corrected chi connectivity index (χ4v) is 1.78. The molecule has 6 heteroatoms. The van der Waals surface area contributed by atoms with Gasteiger partial charge in [-0.1, -0.05) is 5.16 Å². The third-order valence-electron chi connectivity index (χ3n) is 1.74. The first-order chi connectivity index (χ1) is 6.81. The monoisotopic (exact) mass is 211 g/mol. The van der Waals surface area contributed by atoms with Gasteiger partial charge in [0, 0.05) is 6.42 Å². The Balaban J connectivity index is 2.29. The van der Waals surface area contributed by atoms with E-state index in [1.165, 1.54) is 11.3 Å². The third kappa shape index (κ3) is 1.66. The summed E-state index contributed by atoms with van der Waals surface area (Å²) in [4.78, 5) is 9.12. The van der Waals surface area contributed by atoms with Crippen molar-refractivity contribution >= 4 is 11.3 Å². The molecule has 0 fully saturated rings. The van der Waals surface area contributed by atoms with Crippen LogP contribution in [0.5, 0.6) is 0 Å². The number of nitrogens with zero attached hydrogens (tertiary/aromatic N) is 3. The third-order valence-corrected chi connectivity index (χ3v) is 2.66. The maximum Gasteiger partial charge on any atom is 0.269 e. The summed E-state index contributed by atoms with van der Waals surface area (Å²) in [7, 11) is 0. The lowest BCUT2D eigenvalue weighted by Gasteiger charge is -1.87. The van der Waals surface area contributed by atoms with E-state index in [-0.39, 0.29) is 6.61 Å². The lowest BCUT2D eigenvalue weighted by molar-refractivity contribution is 0.293. The number of aromatic nitrogens is 3.